The topological polar surface area (TPSA) is 20.5 Å². The van der Waals surface area contributed by atoms with Gasteiger partial charge in [-0.15, -0.1) is 0 Å². The van der Waals surface area contributed by atoms with E-state index < -0.39 is 11.7 Å². The lowest BCUT2D eigenvalue weighted by Gasteiger charge is -2.18. The zero-order valence-electron chi connectivity index (χ0n) is 11.5. The number of imidazole rings is 1. The van der Waals surface area contributed by atoms with Crippen molar-refractivity contribution in [2.45, 2.75) is 6.18 Å². The maximum absolute atomic E-state index is 13.0. The summed E-state index contributed by atoms with van der Waals surface area (Å²) in [5.74, 6) is 0.356. The first-order chi connectivity index (χ1) is 10.4. The van der Waals surface area contributed by atoms with Crippen molar-refractivity contribution in [3.8, 4) is 0 Å². The number of benzene rings is 1. The summed E-state index contributed by atoms with van der Waals surface area (Å²) in [5, 5.41) is 0.00929. The van der Waals surface area contributed by atoms with Crippen LogP contribution in [0.5, 0.6) is 0 Å². The van der Waals surface area contributed by atoms with Gasteiger partial charge in [-0.05, 0) is 18.2 Å². The van der Waals surface area contributed by atoms with Gasteiger partial charge in [0.1, 0.15) is 0 Å². The van der Waals surface area contributed by atoms with E-state index in [0.717, 1.165) is 18.0 Å². The molecule has 0 radical (unpaired) electrons. The van der Waals surface area contributed by atoms with Gasteiger partial charge < -0.3 is 4.90 Å². The van der Waals surface area contributed by atoms with Gasteiger partial charge in [-0.25, -0.2) is 4.98 Å². The fraction of sp³-hybridized carbons (Fsp3) is 0.133. The molecule has 0 unspecified atom stereocenters. The second-order valence-electron chi connectivity index (χ2n) is 4.78. The van der Waals surface area contributed by atoms with E-state index in [9.17, 15) is 13.2 Å². The molecule has 0 aliphatic rings. The average Bonchev–Trinajstić information content (AvgIpc) is 2.91. The number of hydrogen-bond donors (Lipinski definition) is 0. The Hall–Kier alpha value is -2.21. The van der Waals surface area contributed by atoms with Gasteiger partial charge in [0.25, 0.3) is 0 Å². The Bertz CT molecular complexity index is 812. The van der Waals surface area contributed by atoms with Gasteiger partial charge in [0, 0.05) is 18.9 Å². The van der Waals surface area contributed by atoms with Crippen LogP contribution in [0.2, 0.25) is 5.02 Å². The Kier molecular flexibility index (Phi) is 3.48. The summed E-state index contributed by atoms with van der Waals surface area (Å²) in [7, 11) is 1.73. The van der Waals surface area contributed by atoms with E-state index in [0.29, 0.717) is 11.5 Å². The lowest BCUT2D eigenvalue weighted by Crippen LogP contribution is -2.14. The third-order valence-corrected chi connectivity index (χ3v) is 3.65. The Morgan fingerprint density at radius 2 is 1.86 bits per heavy atom. The van der Waals surface area contributed by atoms with Crippen LogP contribution in [0.15, 0.2) is 48.8 Å². The predicted octanol–water partition coefficient (Wildman–Crippen LogP) is 4.77. The van der Waals surface area contributed by atoms with Crippen molar-refractivity contribution in [3.05, 3.63) is 59.4 Å². The molecule has 22 heavy (non-hydrogen) atoms. The smallest absolute Gasteiger partial charge is 0.315 e. The van der Waals surface area contributed by atoms with Crippen LogP contribution >= 0.6 is 11.6 Å². The molecule has 0 atom stereocenters. The molecule has 0 amide bonds. The number of hydrogen-bond acceptors (Lipinski definition) is 2. The number of pyridine rings is 1. The number of aromatic nitrogens is 2. The summed E-state index contributed by atoms with van der Waals surface area (Å²) < 4.78 is 40.2. The van der Waals surface area contributed by atoms with Gasteiger partial charge >= 0.3 is 6.18 Å². The predicted molar refractivity (Wildman–Crippen MR) is 79.7 cm³/mol. The first kappa shape index (κ1) is 14.7. The largest absolute Gasteiger partial charge is 0.417 e. The highest BCUT2D eigenvalue weighted by atomic mass is 35.5. The van der Waals surface area contributed by atoms with Gasteiger partial charge in [-0.2, -0.15) is 13.2 Å². The number of nitrogens with zero attached hydrogens (tertiary/aromatic N) is 3. The fourth-order valence-electron chi connectivity index (χ4n) is 2.21. The monoisotopic (exact) mass is 325 g/mol. The minimum absolute atomic E-state index is 0.00929. The van der Waals surface area contributed by atoms with E-state index in [1.54, 1.807) is 11.9 Å². The molecule has 1 aromatic carbocycles. The van der Waals surface area contributed by atoms with Gasteiger partial charge in [0.2, 0.25) is 5.95 Å². The van der Waals surface area contributed by atoms with Gasteiger partial charge in [0.05, 0.1) is 22.3 Å². The molecule has 2 aromatic heterocycles. The normalized spacial score (nSPS) is 11.9. The summed E-state index contributed by atoms with van der Waals surface area (Å²) in [6.45, 7) is 0. The van der Waals surface area contributed by atoms with Crippen molar-refractivity contribution in [1.29, 1.82) is 0 Å². The van der Waals surface area contributed by atoms with Crippen molar-refractivity contribution in [2.75, 3.05) is 11.9 Å². The summed E-state index contributed by atoms with van der Waals surface area (Å²) in [4.78, 5) is 5.89. The molecule has 3 aromatic rings. The van der Waals surface area contributed by atoms with Crippen LogP contribution in [-0.2, 0) is 6.18 Å². The van der Waals surface area contributed by atoms with Crippen molar-refractivity contribution in [1.82, 2.24) is 9.38 Å². The van der Waals surface area contributed by atoms with Crippen molar-refractivity contribution < 1.29 is 13.2 Å². The fourth-order valence-corrected chi connectivity index (χ4v) is 2.47. The van der Waals surface area contributed by atoms with Crippen molar-refractivity contribution >= 4 is 28.8 Å². The summed E-state index contributed by atoms with van der Waals surface area (Å²) in [6, 6.07) is 10.1. The SMILES string of the molecule is CN(c1ccccc1)c1ncc2c(Cl)cc(C(F)(F)F)cn12. The second-order valence-corrected chi connectivity index (χ2v) is 5.19. The molecule has 3 nitrogen and oxygen atoms in total. The number of halogens is 4. The highest BCUT2D eigenvalue weighted by Crippen LogP contribution is 2.34. The number of fused-ring (bicyclic) bond motifs is 1. The molecule has 0 N–H and O–H groups in total. The zero-order valence-corrected chi connectivity index (χ0v) is 12.2. The average molecular weight is 326 g/mol. The number of rotatable bonds is 2. The van der Waals surface area contributed by atoms with Gasteiger partial charge in [-0.1, -0.05) is 29.8 Å². The van der Waals surface area contributed by atoms with Crippen LogP contribution in [0.3, 0.4) is 0 Å². The lowest BCUT2D eigenvalue weighted by molar-refractivity contribution is -0.137. The molecule has 0 spiro atoms. The molecule has 0 bridgehead atoms. The molecule has 0 aliphatic carbocycles. The second kappa shape index (κ2) is 5.21. The Balaban J connectivity index is 2.17. The van der Waals surface area contributed by atoms with E-state index in [-0.39, 0.29) is 5.02 Å². The van der Waals surface area contributed by atoms with Crippen molar-refractivity contribution in [2.24, 2.45) is 0 Å². The van der Waals surface area contributed by atoms with Crippen LogP contribution < -0.4 is 4.90 Å². The van der Waals surface area contributed by atoms with Gasteiger partial charge in [0.15, 0.2) is 0 Å². The number of anilines is 2. The molecular weight excluding hydrogens is 315 g/mol. The van der Waals surface area contributed by atoms with E-state index >= 15 is 0 Å². The van der Waals surface area contributed by atoms with Crippen molar-refractivity contribution in [3.63, 3.8) is 0 Å². The molecule has 114 valence electrons. The Labute approximate surface area is 129 Å². The van der Waals surface area contributed by atoms with E-state index in [1.165, 1.54) is 10.6 Å². The summed E-state index contributed by atoms with van der Waals surface area (Å²) in [5.41, 5.74) is 0.418. The number of alkyl halides is 3. The number of para-hydroxylation sites is 1. The molecule has 0 saturated heterocycles. The maximum atomic E-state index is 13.0. The Morgan fingerprint density at radius 1 is 1.18 bits per heavy atom. The third-order valence-electron chi connectivity index (χ3n) is 3.34. The van der Waals surface area contributed by atoms with Crippen LogP contribution in [-0.4, -0.2) is 16.4 Å². The third kappa shape index (κ3) is 2.50. The standard InChI is InChI=1S/C15H11ClF3N3/c1-21(11-5-3-2-4-6-11)14-20-8-13-12(16)7-10(9-22(13)14)15(17,18)19/h2-9H,1H3. The first-order valence-corrected chi connectivity index (χ1v) is 6.78. The quantitative estimate of drug-likeness (QED) is 0.676. The molecular formula is C15H11ClF3N3. The van der Waals surface area contributed by atoms with Crippen LogP contribution in [0.25, 0.3) is 5.52 Å². The zero-order chi connectivity index (χ0) is 15.9. The highest BCUT2D eigenvalue weighted by molar-refractivity contribution is 6.33. The summed E-state index contributed by atoms with van der Waals surface area (Å²) in [6.07, 6.45) is -2.01. The first-order valence-electron chi connectivity index (χ1n) is 6.40. The highest BCUT2D eigenvalue weighted by Gasteiger charge is 2.32. The van der Waals surface area contributed by atoms with Crippen LogP contribution in [0, 0.1) is 0 Å². The molecule has 0 saturated carbocycles. The maximum Gasteiger partial charge on any atom is 0.417 e. The van der Waals surface area contributed by atoms with E-state index in [1.807, 2.05) is 30.3 Å². The molecule has 3 rings (SSSR count). The van der Waals surface area contributed by atoms with E-state index in [2.05, 4.69) is 4.98 Å². The van der Waals surface area contributed by atoms with Crippen LogP contribution in [0.1, 0.15) is 5.56 Å². The van der Waals surface area contributed by atoms with Crippen LogP contribution in [0.4, 0.5) is 24.8 Å². The minimum Gasteiger partial charge on any atom is -0.315 e. The molecule has 0 aliphatic heterocycles. The minimum atomic E-state index is -4.47. The lowest BCUT2D eigenvalue weighted by atomic mass is 10.2. The molecule has 7 heteroatoms. The van der Waals surface area contributed by atoms with E-state index in [4.69, 9.17) is 11.6 Å². The summed E-state index contributed by atoms with van der Waals surface area (Å²) >= 11 is 5.95. The van der Waals surface area contributed by atoms with Gasteiger partial charge in [-0.3, -0.25) is 4.40 Å². The molecule has 0 fully saturated rings. The Morgan fingerprint density at radius 3 is 2.50 bits per heavy atom. The molecule has 2 heterocycles.